The molecule has 0 atom stereocenters. The van der Waals surface area contributed by atoms with Gasteiger partial charge in [-0.15, -0.1) is 0 Å². The van der Waals surface area contributed by atoms with Gasteiger partial charge >= 0.3 is 62.9 Å². The van der Waals surface area contributed by atoms with Crippen LogP contribution in [0.5, 0.6) is 0 Å². The molecule has 0 aromatic heterocycles. The molecule has 0 saturated heterocycles. The van der Waals surface area contributed by atoms with Gasteiger partial charge in [0.15, 0.2) is 0 Å². The fraction of sp³-hybridized carbons (Fsp3) is 0.875. The van der Waals surface area contributed by atoms with Crippen molar-refractivity contribution in [3.8, 4) is 0 Å². The van der Waals surface area contributed by atoms with Crippen molar-refractivity contribution < 1.29 is 0 Å². The first kappa shape index (κ1) is 9.41. The molecule has 0 saturated carbocycles. The normalized spacial score (nSPS) is 10.6. The molecular formula is C8H18Ge. The monoisotopic (exact) mass is 188 g/mol. The summed E-state index contributed by atoms with van der Waals surface area (Å²) >= 11 is -0.741. The minimum absolute atomic E-state index is 0.741. The van der Waals surface area contributed by atoms with E-state index in [-0.39, 0.29) is 0 Å². The van der Waals surface area contributed by atoms with Crippen molar-refractivity contribution in [2.45, 2.75) is 44.1 Å². The molecule has 0 unspecified atom stereocenters. The average molecular weight is 187 g/mol. The molecule has 0 radical (unpaired) electrons. The standard InChI is InChI=1S/C8H18Ge/c1-6-9(7(2)3)8(4)5/h6-8H,1-5H3. The Morgan fingerprint density at radius 2 is 1.33 bits per heavy atom. The van der Waals surface area contributed by atoms with Crippen molar-refractivity contribution in [2.24, 2.45) is 0 Å². The van der Waals surface area contributed by atoms with Gasteiger partial charge in [0.05, 0.1) is 0 Å². The van der Waals surface area contributed by atoms with Crippen LogP contribution in [0, 0.1) is 0 Å². The van der Waals surface area contributed by atoms with Gasteiger partial charge in [-0.3, -0.25) is 0 Å². The quantitative estimate of drug-likeness (QED) is 0.582. The van der Waals surface area contributed by atoms with E-state index in [1.54, 1.807) is 0 Å². The topological polar surface area (TPSA) is 0 Å². The van der Waals surface area contributed by atoms with Crippen molar-refractivity contribution in [2.75, 3.05) is 0 Å². The summed E-state index contributed by atoms with van der Waals surface area (Å²) in [5.41, 5.74) is 0. The van der Waals surface area contributed by atoms with E-state index in [1.807, 2.05) is 0 Å². The molecule has 0 bridgehead atoms. The van der Waals surface area contributed by atoms with E-state index in [9.17, 15) is 0 Å². The number of hydrogen-bond donors (Lipinski definition) is 0. The maximum atomic E-state index is 2.48. The summed E-state index contributed by atoms with van der Waals surface area (Å²) in [5, 5.41) is 0. The van der Waals surface area contributed by atoms with Gasteiger partial charge in [-0.25, -0.2) is 0 Å². The first-order valence-electron chi connectivity index (χ1n) is 3.75. The first-order valence-corrected chi connectivity index (χ1v) is 7.39. The van der Waals surface area contributed by atoms with Gasteiger partial charge in [-0.2, -0.15) is 0 Å². The Hall–Kier alpha value is 0.413. The fourth-order valence-corrected chi connectivity index (χ4v) is 6.93. The van der Waals surface area contributed by atoms with Gasteiger partial charge in [0.25, 0.3) is 0 Å². The molecule has 0 aliphatic carbocycles. The summed E-state index contributed by atoms with van der Waals surface area (Å²) < 4.78 is 1.94. The second-order valence-electron chi connectivity index (χ2n) is 3.10. The van der Waals surface area contributed by atoms with Crippen LogP contribution in [0.1, 0.15) is 34.6 Å². The summed E-state index contributed by atoms with van der Waals surface area (Å²) in [7, 11) is 0. The van der Waals surface area contributed by atoms with Gasteiger partial charge < -0.3 is 0 Å². The fourth-order valence-electron chi connectivity index (χ4n) is 1.33. The van der Waals surface area contributed by atoms with Crippen molar-refractivity contribution in [1.29, 1.82) is 0 Å². The van der Waals surface area contributed by atoms with Crippen LogP contribution in [0.2, 0.25) is 9.50 Å². The Morgan fingerprint density at radius 1 is 1.00 bits per heavy atom. The summed E-state index contributed by atoms with van der Waals surface area (Å²) in [6, 6.07) is 0. The molecule has 0 aliphatic rings. The maximum absolute atomic E-state index is 2.48. The van der Waals surface area contributed by atoms with Crippen LogP contribution in [0.25, 0.3) is 0 Å². The Balaban J connectivity index is 4.01. The van der Waals surface area contributed by atoms with Crippen molar-refractivity contribution in [3.05, 3.63) is 0 Å². The van der Waals surface area contributed by atoms with Crippen LogP contribution in [0.15, 0.2) is 0 Å². The average Bonchev–Trinajstić information content (AvgIpc) is 1.64. The summed E-state index contributed by atoms with van der Waals surface area (Å²) in [5.74, 6) is 0. The van der Waals surface area contributed by atoms with E-state index < -0.39 is 13.9 Å². The first-order chi connectivity index (χ1) is 4.09. The van der Waals surface area contributed by atoms with E-state index in [0.29, 0.717) is 0 Å². The van der Waals surface area contributed by atoms with Crippen molar-refractivity contribution in [3.63, 3.8) is 0 Å². The Kier molecular flexibility index (Phi) is 4.46. The number of hydrogen-bond acceptors (Lipinski definition) is 0. The molecule has 0 aromatic rings. The van der Waals surface area contributed by atoms with Crippen molar-refractivity contribution >= 4 is 18.8 Å². The van der Waals surface area contributed by atoms with E-state index in [4.69, 9.17) is 0 Å². The third-order valence-electron chi connectivity index (χ3n) is 1.67. The summed E-state index contributed by atoms with van der Waals surface area (Å²) in [4.78, 5) is 2.48. The van der Waals surface area contributed by atoms with Crippen LogP contribution < -0.4 is 0 Å². The summed E-state index contributed by atoms with van der Waals surface area (Å²) in [6.45, 7) is 11.7. The predicted molar refractivity (Wildman–Crippen MR) is 47.7 cm³/mol. The van der Waals surface area contributed by atoms with Gasteiger partial charge in [0.1, 0.15) is 0 Å². The molecule has 0 spiro atoms. The molecule has 0 nitrogen and oxygen atoms in total. The molecule has 0 rings (SSSR count). The zero-order valence-electron chi connectivity index (χ0n) is 7.23. The van der Waals surface area contributed by atoms with Crippen LogP contribution in [0.4, 0.5) is 0 Å². The van der Waals surface area contributed by atoms with Crippen LogP contribution in [0.3, 0.4) is 0 Å². The van der Waals surface area contributed by atoms with Crippen molar-refractivity contribution in [1.82, 2.24) is 0 Å². The molecule has 0 fully saturated rings. The second-order valence-corrected chi connectivity index (χ2v) is 11.3. The zero-order valence-corrected chi connectivity index (χ0v) is 9.33. The molecule has 0 heterocycles. The molecule has 54 valence electrons. The Labute approximate surface area is 63.3 Å². The van der Waals surface area contributed by atoms with Crippen LogP contribution in [-0.4, -0.2) is 18.8 Å². The summed E-state index contributed by atoms with van der Waals surface area (Å²) in [6.07, 6.45) is 0. The van der Waals surface area contributed by atoms with Gasteiger partial charge in [-0.1, -0.05) is 0 Å². The number of rotatable bonds is 2. The van der Waals surface area contributed by atoms with E-state index in [0.717, 1.165) is 9.50 Å². The molecule has 0 aliphatic heterocycles. The van der Waals surface area contributed by atoms with E-state index in [2.05, 4.69) is 39.5 Å². The molecular weight excluding hydrogens is 169 g/mol. The zero-order chi connectivity index (χ0) is 7.44. The van der Waals surface area contributed by atoms with Gasteiger partial charge in [0.2, 0.25) is 0 Å². The van der Waals surface area contributed by atoms with Crippen LogP contribution >= 0.6 is 0 Å². The molecule has 9 heavy (non-hydrogen) atoms. The Morgan fingerprint density at radius 3 is 1.33 bits per heavy atom. The van der Waals surface area contributed by atoms with E-state index in [1.165, 1.54) is 0 Å². The van der Waals surface area contributed by atoms with Crippen LogP contribution in [-0.2, 0) is 0 Å². The molecule has 0 aromatic carbocycles. The molecule has 0 N–H and O–H groups in total. The van der Waals surface area contributed by atoms with Gasteiger partial charge in [0, 0.05) is 0 Å². The molecule has 1 heteroatoms. The third kappa shape index (κ3) is 3.19. The second kappa shape index (κ2) is 4.26. The minimum atomic E-state index is -0.741. The molecule has 0 amide bonds. The Bertz CT molecular complexity index is 91.1. The van der Waals surface area contributed by atoms with E-state index >= 15 is 0 Å². The third-order valence-corrected chi connectivity index (χ3v) is 8.66. The SMILES string of the molecule is C[CH]=[Ge]([CH](C)C)[CH](C)C. The van der Waals surface area contributed by atoms with Gasteiger partial charge in [-0.05, 0) is 0 Å². The predicted octanol–water partition coefficient (Wildman–Crippen LogP) is 2.71.